The van der Waals surface area contributed by atoms with E-state index in [1.165, 1.54) is 12.8 Å². The van der Waals surface area contributed by atoms with Crippen LogP contribution in [-0.4, -0.2) is 57.4 Å². The van der Waals surface area contributed by atoms with Crippen LogP contribution in [0.2, 0.25) is 0 Å². The summed E-state index contributed by atoms with van der Waals surface area (Å²) in [4.78, 5) is 11.4. The van der Waals surface area contributed by atoms with Crippen LogP contribution in [0.15, 0.2) is 36.9 Å². The van der Waals surface area contributed by atoms with Crippen LogP contribution in [0.3, 0.4) is 0 Å². The quantitative estimate of drug-likeness (QED) is 0.627. The first-order valence-electron chi connectivity index (χ1n) is 10.9. The van der Waals surface area contributed by atoms with Gasteiger partial charge in [0.1, 0.15) is 18.4 Å². The highest BCUT2D eigenvalue weighted by molar-refractivity contribution is 5.92. The molecule has 30 heavy (non-hydrogen) atoms. The molecule has 1 saturated carbocycles. The zero-order valence-electron chi connectivity index (χ0n) is 18.4. The molecule has 0 bridgehead atoms. The van der Waals surface area contributed by atoms with E-state index in [2.05, 4.69) is 57.6 Å². The van der Waals surface area contributed by atoms with Crippen molar-refractivity contribution in [2.24, 2.45) is 0 Å². The molecule has 160 valence electrons. The summed E-state index contributed by atoms with van der Waals surface area (Å²) in [7, 11) is 4.35. The molecular weight excluding hydrogens is 376 g/mol. The van der Waals surface area contributed by atoms with E-state index in [0.717, 1.165) is 40.7 Å². The highest BCUT2D eigenvalue weighted by Gasteiger charge is 2.23. The first-order valence-corrected chi connectivity index (χ1v) is 10.9. The fourth-order valence-electron chi connectivity index (χ4n) is 4.28. The number of rotatable bonds is 7. The van der Waals surface area contributed by atoms with Crippen molar-refractivity contribution in [1.82, 2.24) is 24.6 Å². The number of hydrogen-bond acceptors (Lipinski definition) is 6. The second-order valence-electron chi connectivity index (χ2n) is 8.33. The molecule has 1 unspecified atom stereocenters. The minimum Gasteiger partial charge on any atom is -0.367 e. The van der Waals surface area contributed by atoms with Crippen LogP contribution in [0.1, 0.15) is 45.8 Å². The third-order valence-corrected chi connectivity index (χ3v) is 6.12. The van der Waals surface area contributed by atoms with Crippen molar-refractivity contribution in [3.8, 4) is 11.1 Å². The fourth-order valence-corrected chi connectivity index (χ4v) is 4.28. The van der Waals surface area contributed by atoms with Crippen LogP contribution < -0.4 is 5.32 Å². The smallest absolute Gasteiger partial charge is 0.147 e. The van der Waals surface area contributed by atoms with Crippen molar-refractivity contribution in [1.29, 1.82) is 0 Å². The Labute approximate surface area is 178 Å². The molecule has 0 amide bonds. The second-order valence-corrected chi connectivity index (χ2v) is 8.33. The van der Waals surface area contributed by atoms with Gasteiger partial charge in [0.15, 0.2) is 0 Å². The molecule has 3 aromatic rings. The van der Waals surface area contributed by atoms with Gasteiger partial charge in [-0.2, -0.15) is 5.10 Å². The van der Waals surface area contributed by atoms with Gasteiger partial charge in [-0.1, -0.05) is 6.07 Å². The fraction of sp³-hybridized carbons (Fsp3) is 0.522. The van der Waals surface area contributed by atoms with E-state index in [0.29, 0.717) is 18.7 Å². The number of hydrogen-bond donors (Lipinski definition) is 1. The van der Waals surface area contributed by atoms with Crippen LogP contribution >= 0.6 is 0 Å². The van der Waals surface area contributed by atoms with Crippen LogP contribution in [0.25, 0.3) is 22.0 Å². The highest BCUT2D eigenvalue weighted by atomic mass is 16.5. The molecule has 4 rings (SSSR count). The lowest BCUT2D eigenvalue weighted by Gasteiger charge is -2.33. The first-order chi connectivity index (χ1) is 14.5. The molecule has 1 aliphatic rings. The van der Waals surface area contributed by atoms with Gasteiger partial charge >= 0.3 is 0 Å². The van der Waals surface area contributed by atoms with Crippen molar-refractivity contribution >= 4 is 16.7 Å². The van der Waals surface area contributed by atoms with Gasteiger partial charge < -0.3 is 15.0 Å². The van der Waals surface area contributed by atoms with Crippen molar-refractivity contribution in [3.63, 3.8) is 0 Å². The minimum atomic E-state index is -0.0814. The Hall–Kier alpha value is -2.51. The SMILES string of the molecule is CCOC(C)n1cc(-c2ccc3ncnc(N[C@H]4CC[C@H](N(C)C)CC4)c3c2)cn1. The lowest BCUT2D eigenvalue weighted by Crippen LogP contribution is -2.36. The molecule has 1 fully saturated rings. The van der Waals surface area contributed by atoms with Crippen molar-refractivity contribution in [3.05, 3.63) is 36.9 Å². The third kappa shape index (κ3) is 4.47. The highest BCUT2D eigenvalue weighted by Crippen LogP contribution is 2.30. The molecule has 0 spiro atoms. The zero-order chi connectivity index (χ0) is 21.1. The first kappa shape index (κ1) is 20.8. The standard InChI is InChI=1S/C23H32N6O/c1-5-30-16(2)29-14-18(13-26-29)17-6-11-22-21(12-17)23(25-15-24-22)27-19-7-9-20(10-8-19)28(3)4/h6,11-16,19-20H,5,7-10H2,1-4H3,(H,24,25,27)/t16?,19-,20-. The molecule has 1 N–H and O–H groups in total. The van der Waals surface area contributed by atoms with E-state index in [1.807, 2.05) is 30.9 Å². The van der Waals surface area contributed by atoms with Gasteiger partial charge in [0, 0.05) is 35.8 Å². The normalized spacial score (nSPS) is 20.6. The summed E-state index contributed by atoms with van der Waals surface area (Å²) < 4.78 is 7.49. The summed E-state index contributed by atoms with van der Waals surface area (Å²) in [6.07, 6.45) is 10.2. The van der Waals surface area contributed by atoms with Crippen molar-refractivity contribution in [2.75, 3.05) is 26.0 Å². The molecule has 0 aliphatic heterocycles. The average Bonchev–Trinajstić information content (AvgIpc) is 3.25. The Morgan fingerprint density at radius 1 is 1.17 bits per heavy atom. The summed E-state index contributed by atoms with van der Waals surface area (Å²) in [5.41, 5.74) is 3.12. The molecule has 1 atom stereocenters. The molecule has 2 heterocycles. The average molecular weight is 409 g/mol. The maximum absolute atomic E-state index is 5.64. The van der Waals surface area contributed by atoms with Gasteiger partial charge in [0.25, 0.3) is 0 Å². The van der Waals surface area contributed by atoms with E-state index in [4.69, 9.17) is 4.74 Å². The lowest BCUT2D eigenvalue weighted by atomic mass is 9.90. The molecule has 1 aromatic carbocycles. The molecule has 0 radical (unpaired) electrons. The lowest BCUT2D eigenvalue weighted by molar-refractivity contribution is 0.0160. The van der Waals surface area contributed by atoms with Crippen LogP contribution in [0.4, 0.5) is 5.82 Å². The Morgan fingerprint density at radius 3 is 2.70 bits per heavy atom. The van der Waals surface area contributed by atoms with Gasteiger partial charge in [-0.25, -0.2) is 14.6 Å². The Balaban J connectivity index is 1.56. The third-order valence-electron chi connectivity index (χ3n) is 6.12. The number of aromatic nitrogens is 4. The largest absolute Gasteiger partial charge is 0.367 e. The number of ether oxygens (including phenoxy) is 1. The summed E-state index contributed by atoms with van der Waals surface area (Å²) >= 11 is 0. The van der Waals surface area contributed by atoms with E-state index < -0.39 is 0 Å². The number of anilines is 1. The van der Waals surface area contributed by atoms with Gasteiger partial charge in [-0.05, 0) is 71.3 Å². The molecule has 7 heteroatoms. The number of nitrogens with one attached hydrogen (secondary N) is 1. The van der Waals surface area contributed by atoms with Crippen LogP contribution in [0.5, 0.6) is 0 Å². The molecule has 1 aliphatic carbocycles. The Morgan fingerprint density at radius 2 is 1.97 bits per heavy atom. The number of benzene rings is 1. The minimum absolute atomic E-state index is 0.0814. The summed E-state index contributed by atoms with van der Waals surface area (Å²) in [6.45, 7) is 4.66. The van der Waals surface area contributed by atoms with E-state index >= 15 is 0 Å². The molecular formula is C23H32N6O. The van der Waals surface area contributed by atoms with Crippen LogP contribution in [-0.2, 0) is 4.74 Å². The van der Waals surface area contributed by atoms with Crippen molar-refractivity contribution in [2.45, 2.75) is 57.8 Å². The van der Waals surface area contributed by atoms with E-state index in [9.17, 15) is 0 Å². The maximum atomic E-state index is 5.64. The maximum Gasteiger partial charge on any atom is 0.147 e. The number of nitrogens with zero attached hydrogens (tertiary/aromatic N) is 5. The van der Waals surface area contributed by atoms with Gasteiger partial charge in [-0.15, -0.1) is 0 Å². The van der Waals surface area contributed by atoms with Crippen molar-refractivity contribution < 1.29 is 4.74 Å². The van der Waals surface area contributed by atoms with E-state index in [1.54, 1.807) is 6.33 Å². The van der Waals surface area contributed by atoms with E-state index in [-0.39, 0.29) is 6.23 Å². The molecule has 7 nitrogen and oxygen atoms in total. The Bertz CT molecular complexity index is 977. The van der Waals surface area contributed by atoms with Gasteiger partial charge in [-0.3, -0.25) is 0 Å². The second kappa shape index (κ2) is 9.10. The summed E-state index contributed by atoms with van der Waals surface area (Å²) in [6, 6.07) is 7.46. The molecule has 2 aromatic heterocycles. The summed E-state index contributed by atoms with van der Waals surface area (Å²) in [5, 5.41) is 9.21. The monoisotopic (exact) mass is 408 g/mol. The summed E-state index contributed by atoms with van der Waals surface area (Å²) in [5.74, 6) is 0.922. The van der Waals surface area contributed by atoms with Crippen LogP contribution in [0, 0.1) is 0 Å². The predicted octanol–water partition coefficient (Wildman–Crippen LogP) is 4.33. The topological polar surface area (TPSA) is 68.1 Å². The predicted molar refractivity (Wildman–Crippen MR) is 120 cm³/mol. The molecule has 0 saturated heterocycles. The zero-order valence-corrected chi connectivity index (χ0v) is 18.4. The van der Waals surface area contributed by atoms with Gasteiger partial charge in [0.05, 0.1) is 11.7 Å². The van der Waals surface area contributed by atoms with Gasteiger partial charge in [0.2, 0.25) is 0 Å². The Kier molecular flexibility index (Phi) is 6.29. The number of fused-ring (bicyclic) bond motifs is 1.